The van der Waals surface area contributed by atoms with Gasteiger partial charge < -0.3 is 9.47 Å². The van der Waals surface area contributed by atoms with E-state index in [0.717, 1.165) is 11.1 Å². The van der Waals surface area contributed by atoms with Crippen LogP contribution in [0.2, 0.25) is 0 Å². The lowest BCUT2D eigenvalue weighted by Gasteiger charge is -2.07. The van der Waals surface area contributed by atoms with Crippen LogP contribution < -0.4 is 4.74 Å². The van der Waals surface area contributed by atoms with Crippen LogP contribution in [0.4, 0.5) is 8.78 Å². The molecule has 0 radical (unpaired) electrons. The molecule has 1 aromatic heterocycles. The maximum absolute atomic E-state index is 13.9. The van der Waals surface area contributed by atoms with Gasteiger partial charge in [-0.1, -0.05) is 30.3 Å². The molecule has 1 atom stereocenters. The highest BCUT2D eigenvalue weighted by molar-refractivity contribution is 5.95. The number of halogens is 2. The zero-order chi connectivity index (χ0) is 18.6. The Bertz CT molecular complexity index is 942. The average molecular weight is 367 g/mol. The van der Waals surface area contributed by atoms with Gasteiger partial charge in [-0.05, 0) is 29.3 Å². The summed E-state index contributed by atoms with van der Waals surface area (Å²) in [5.41, 5.74) is 1.60. The fourth-order valence-electron chi connectivity index (χ4n) is 2.73. The Hall–Kier alpha value is -3.35. The van der Waals surface area contributed by atoms with Gasteiger partial charge in [0.2, 0.25) is 5.90 Å². The van der Waals surface area contributed by atoms with Crippen LogP contribution in [0.5, 0.6) is 6.01 Å². The molecular formula is C20H15F2N3O2. The van der Waals surface area contributed by atoms with Crippen molar-refractivity contribution in [3.05, 3.63) is 89.2 Å². The molecule has 0 bridgehead atoms. The number of aromatic nitrogens is 2. The van der Waals surface area contributed by atoms with Crippen LogP contribution in [0.25, 0.3) is 0 Å². The molecule has 1 aliphatic rings. The molecule has 27 heavy (non-hydrogen) atoms. The number of hydrogen-bond donors (Lipinski definition) is 0. The maximum Gasteiger partial charge on any atom is 0.316 e. The Morgan fingerprint density at radius 1 is 0.963 bits per heavy atom. The summed E-state index contributed by atoms with van der Waals surface area (Å²) in [5, 5.41) is 0. The summed E-state index contributed by atoms with van der Waals surface area (Å²) in [6.45, 7) is 0.567. The zero-order valence-electron chi connectivity index (χ0n) is 14.2. The Morgan fingerprint density at radius 3 is 2.37 bits per heavy atom. The third kappa shape index (κ3) is 3.76. The van der Waals surface area contributed by atoms with Gasteiger partial charge in [0.25, 0.3) is 0 Å². The lowest BCUT2D eigenvalue weighted by Crippen LogP contribution is -2.07. The van der Waals surface area contributed by atoms with Gasteiger partial charge in [0.1, 0.15) is 36.5 Å². The molecule has 0 aliphatic carbocycles. The highest BCUT2D eigenvalue weighted by Gasteiger charge is 2.26. The fraction of sp³-hybridized carbons (Fsp3) is 0.150. The lowest BCUT2D eigenvalue weighted by molar-refractivity contribution is 0.280. The molecule has 0 spiro atoms. The Morgan fingerprint density at radius 2 is 1.67 bits per heavy atom. The van der Waals surface area contributed by atoms with Crippen molar-refractivity contribution in [2.75, 3.05) is 6.61 Å². The molecule has 1 unspecified atom stereocenters. The minimum atomic E-state index is -0.690. The van der Waals surface area contributed by atoms with Gasteiger partial charge in [0, 0.05) is 12.4 Å². The normalized spacial score (nSPS) is 15.9. The highest BCUT2D eigenvalue weighted by atomic mass is 19.1. The summed E-state index contributed by atoms with van der Waals surface area (Å²) in [5.74, 6) is -1.39. The molecule has 0 amide bonds. The lowest BCUT2D eigenvalue weighted by atomic mass is 10.1. The molecule has 0 fully saturated rings. The van der Waals surface area contributed by atoms with Crippen molar-refractivity contribution in [3.8, 4) is 6.01 Å². The van der Waals surface area contributed by atoms with Crippen LogP contribution in [0, 0.1) is 11.6 Å². The predicted octanol–water partition coefficient (Wildman–Crippen LogP) is 3.85. The van der Waals surface area contributed by atoms with Crippen LogP contribution in [-0.4, -0.2) is 22.5 Å². The van der Waals surface area contributed by atoms with Crippen molar-refractivity contribution >= 4 is 5.90 Å². The molecule has 2 aromatic carbocycles. The van der Waals surface area contributed by atoms with E-state index in [2.05, 4.69) is 15.0 Å². The van der Waals surface area contributed by atoms with E-state index in [1.54, 1.807) is 18.5 Å². The third-order valence-electron chi connectivity index (χ3n) is 4.10. The van der Waals surface area contributed by atoms with E-state index >= 15 is 0 Å². The highest BCUT2D eigenvalue weighted by Crippen LogP contribution is 2.27. The van der Waals surface area contributed by atoms with E-state index in [1.807, 2.05) is 24.3 Å². The second-order valence-electron chi connectivity index (χ2n) is 5.92. The van der Waals surface area contributed by atoms with Crippen molar-refractivity contribution < 1.29 is 18.3 Å². The fourth-order valence-corrected chi connectivity index (χ4v) is 2.73. The van der Waals surface area contributed by atoms with Crippen molar-refractivity contribution in [2.24, 2.45) is 4.99 Å². The van der Waals surface area contributed by atoms with Crippen LogP contribution >= 0.6 is 0 Å². The van der Waals surface area contributed by atoms with E-state index in [1.165, 1.54) is 18.2 Å². The molecule has 0 saturated carbocycles. The zero-order valence-corrected chi connectivity index (χ0v) is 14.2. The summed E-state index contributed by atoms with van der Waals surface area (Å²) in [7, 11) is 0. The second-order valence-corrected chi connectivity index (χ2v) is 5.92. The quantitative estimate of drug-likeness (QED) is 0.687. The number of hydrogen-bond acceptors (Lipinski definition) is 5. The molecule has 136 valence electrons. The number of aliphatic imine (C=N–C) groups is 1. The van der Waals surface area contributed by atoms with Crippen molar-refractivity contribution in [3.63, 3.8) is 0 Å². The number of nitrogens with zero attached hydrogens (tertiary/aromatic N) is 3. The monoisotopic (exact) mass is 367 g/mol. The number of ether oxygens (including phenoxy) is 2. The Labute approximate surface area is 154 Å². The minimum absolute atomic E-state index is 0.00997. The standard InChI is InChI=1S/C20H15F2N3O2/c21-15-3-1-4-16(22)18(15)19-25-17(12-26-19)14-7-5-13(6-8-14)11-27-20-23-9-2-10-24-20/h1-10,17H,11-12H2. The molecular weight excluding hydrogens is 352 g/mol. The van der Waals surface area contributed by atoms with Gasteiger partial charge in [-0.25, -0.2) is 23.7 Å². The third-order valence-corrected chi connectivity index (χ3v) is 4.10. The van der Waals surface area contributed by atoms with Crippen LogP contribution in [0.1, 0.15) is 22.7 Å². The topological polar surface area (TPSA) is 56.6 Å². The SMILES string of the molecule is Fc1cccc(F)c1C1=NC(c2ccc(COc3ncccn3)cc2)CO1. The van der Waals surface area contributed by atoms with Gasteiger partial charge in [-0.3, -0.25) is 0 Å². The first-order valence-electron chi connectivity index (χ1n) is 8.34. The molecule has 0 saturated heterocycles. The van der Waals surface area contributed by atoms with Gasteiger partial charge >= 0.3 is 6.01 Å². The van der Waals surface area contributed by atoms with E-state index in [-0.39, 0.29) is 24.1 Å². The van der Waals surface area contributed by atoms with Gasteiger partial charge in [-0.2, -0.15) is 0 Å². The molecule has 5 nitrogen and oxygen atoms in total. The molecule has 7 heteroatoms. The average Bonchev–Trinajstić information content (AvgIpc) is 3.17. The molecule has 2 heterocycles. The number of rotatable bonds is 5. The smallest absolute Gasteiger partial charge is 0.316 e. The minimum Gasteiger partial charge on any atom is -0.475 e. The van der Waals surface area contributed by atoms with Gasteiger partial charge in [-0.15, -0.1) is 0 Å². The van der Waals surface area contributed by atoms with Crippen molar-refractivity contribution in [1.82, 2.24) is 9.97 Å². The molecule has 0 N–H and O–H groups in total. The molecule has 3 aromatic rings. The van der Waals surface area contributed by atoms with E-state index < -0.39 is 11.6 Å². The summed E-state index contributed by atoms with van der Waals surface area (Å²) in [4.78, 5) is 12.3. The summed E-state index contributed by atoms with van der Waals surface area (Å²) >= 11 is 0. The first-order chi connectivity index (χ1) is 13.2. The van der Waals surface area contributed by atoms with Crippen molar-refractivity contribution in [1.29, 1.82) is 0 Å². The number of benzene rings is 2. The first-order valence-corrected chi connectivity index (χ1v) is 8.34. The first kappa shape index (κ1) is 17.1. The van der Waals surface area contributed by atoms with E-state index in [9.17, 15) is 8.78 Å². The second kappa shape index (κ2) is 7.49. The van der Waals surface area contributed by atoms with Crippen LogP contribution in [0.15, 0.2) is 65.9 Å². The Balaban J connectivity index is 1.46. The Kier molecular flexibility index (Phi) is 4.74. The summed E-state index contributed by atoms with van der Waals surface area (Å²) in [6.07, 6.45) is 3.22. The van der Waals surface area contributed by atoms with Gasteiger partial charge in [0.15, 0.2) is 0 Å². The van der Waals surface area contributed by atoms with Crippen LogP contribution in [-0.2, 0) is 11.3 Å². The predicted molar refractivity (Wildman–Crippen MR) is 94.4 cm³/mol. The van der Waals surface area contributed by atoms with E-state index in [0.29, 0.717) is 12.6 Å². The summed E-state index contributed by atoms with van der Waals surface area (Å²) in [6, 6.07) is 13.0. The molecule has 4 rings (SSSR count). The van der Waals surface area contributed by atoms with Gasteiger partial charge in [0.05, 0.1) is 0 Å². The largest absolute Gasteiger partial charge is 0.475 e. The maximum atomic E-state index is 13.9. The summed E-state index contributed by atoms with van der Waals surface area (Å²) < 4.78 is 38.7. The van der Waals surface area contributed by atoms with E-state index in [4.69, 9.17) is 9.47 Å². The molecule has 1 aliphatic heterocycles. The van der Waals surface area contributed by atoms with Crippen molar-refractivity contribution in [2.45, 2.75) is 12.6 Å². The van der Waals surface area contributed by atoms with Crippen LogP contribution in [0.3, 0.4) is 0 Å².